The van der Waals surface area contributed by atoms with Gasteiger partial charge in [-0.15, -0.1) is 0 Å². The zero-order valence-corrected chi connectivity index (χ0v) is 13.1. The lowest BCUT2D eigenvalue weighted by Gasteiger charge is -2.47. The Hall–Kier alpha value is -1.04. The van der Waals surface area contributed by atoms with Crippen LogP contribution in [0.3, 0.4) is 0 Å². The first-order valence-corrected chi connectivity index (χ1v) is 8.18. The molecule has 1 saturated carbocycles. The topological polar surface area (TPSA) is 62.4 Å². The second kappa shape index (κ2) is 5.99. The van der Waals surface area contributed by atoms with Crippen molar-refractivity contribution in [1.82, 2.24) is 9.88 Å². The van der Waals surface area contributed by atoms with E-state index in [-0.39, 0.29) is 0 Å². The first-order chi connectivity index (χ1) is 10.1. The summed E-state index contributed by atoms with van der Waals surface area (Å²) in [6.07, 6.45) is 7.13. The molecule has 5 heteroatoms. The minimum absolute atomic E-state index is 0.358. The van der Waals surface area contributed by atoms with Crippen LogP contribution in [0.1, 0.15) is 43.4 Å². The average molecular weight is 305 g/mol. The molecule has 2 heterocycles. The van der Waals surface area contributed by atoms with E-state index < -0.39 is 5.60 Å². The molecular formula is C16H23N3OS. The molecule has 21 heavy (non-hydrogen) atoms. The van der Waals surface area contributed by atoms with Gasteiger partial charge in [0, 0.05) is 31.7 Å². The molecule has 2 unspecified atom stereocenters. The van der Waals surface area contributed by atoms with Crippen LogP contribution in [0.15, 0.2) is 18.3 Å². The number of thiocarbonyl (C=S) groups is 1. The van der Waals surface area contributed by atoms with Crippen LogP contribution >= 0.6 is 12.2 Å². The third-order valence-electron chi connectivity index (χ3n) is 5.03. The molecule has 1 aliphatic carbocycles. The number of aromatic nitrogens is 1. The van der Waals surface area contributed by atoms with Crippen molar-refractivity contribution in [2.45, 2.75) is 44.2 Å². The fourth-order valence-corrected chi connectivity index (χ4v) is 4.00. The summed E-state index contributed by atoms with van der Waals surface area (Å²) in [5, 5.41) is 10.7. The lowest BCUT2D eigenvalue weighted by molar-refractivity contribution is -0.0968. The highest BCUT2D eigenvalue weighted by Gasteiger charge is 2.42. The van der Waals surface area contributed by atoms with Gasteiger partial charge in [-0.05, 0) is 30.9 Å². The van der Waals surface area contributed by atoms with Gasteiger partial charge in [-0.3, -0.25) is 9.88 Å². The maximum absolute atomic E-state index is 10.7. The quantitative estimate of drug-likeness (QED) is 0.835. The normalized spacial score (nSPS) is 29.9. The lowest BCUT2D eigenvalue weighted by Crippen LogP contribution is -2.53. The van der Waals surface area contributed by atoms with Crippen molar-refractivity contribution in [2.24, 2.45) is 11.7 Å². The second-order valence-corrected chi connectivity index (χ2v) is 6.85. The molecule has 0 amide bonds. The molecule has 2 atom stereocenters. The second-order valence-electron chi connectivity index (χ2n) is 6.41. The molecule has 4 nitrogen and oxygen atoms in total. The monoisotopic (exact) mass is 305 g/mol. The molecule has 3 N–H and O–H groups in total. The molecule has 1 aromatic rings. The molecule has 114 valence electrons. The van der Waals surface area contributed by atoms with Gasteiger partial charge >= 0.3 is 0 Å². The summed E-state index contributed by atoms with van der Waals surface area (Å²) in [6, 6.07) is 3.97. The number of piperidine rings is 1. The van der Waals surface area contributed by atoms with Crippen molar-refractivity contribution >= 4 is 17.2 Å². The van der Waals surface area contributed by atoms with Gasteiger partial charge in [0.1, 0.15) is 10.7 Å². The summed E-state index contributed by atoms with van der Waals surface area (Å²) in [5.74, 6) is 0.407. The van der Waals surface area contributed by atoms with E-state index in [9.17, 15) is 5.11 Å². The molecule has 0 aromatic carbocycles. The molecule has 1 aromatic heterocycles. The van der Waals surface area contributed by atoms with E-state index >= 15 is 0 Å². The van der Waals surface area contributed by atoms with Gasteiger partial charge in [0.05, 0.1) is 5.60 Å². The third kappa shape index (κ3) is 3.10. The summed E-state index contributed by atoms with van der Waals surface area (Å²) in [4.78, 5) is 7.06. The van der Waals surface area contributed by atoms with Gasteiger partial charge in [0.25, 0.3) is 0 Å². The van der Waals surface area contributed by atoms with Crippen LogP contribution in [0.5, 0.6) is 0 Å². The minimum Gasteiger partial charge on any atom is -0.390 e. The Bertz CT molecular complexity index is 536. The van der Waals surface area contributed by atoms with Crippen LogP contribution in [0.2, 0.25) is 0 Å². The van der Waals surface area contributed by atoms with Crippen molar-refractivity contribution in [3.8, 4) is 0 Å². The zero-order valence-electron chi connectivity index (χ0n) is 12.3. The first-order valence-electron chi connectivity index (χ1n) is 7.77. The van der Waals surface area contributed by atoms with Crippen LogP contribution in [0.4, 0.5) is 0 Å². The lowest BCUT2D eigenvalue weighted by atomic mass is 9.71. The molecule has 2 aliphatic rings. The average Bonchev–Trinajstić information content (AvgIpc) is 2.48. The van der Waals surface area contributed by atoms with Crippen LogP contribution in [-0.4, -0.2) is 38.7 Å². The number of nitrogens with two attached hydrogens (primary N) is 1. The number of likely N-dealkylation sites (tertiary alicyclic amines) is 1. The van der Waals surface area contributed by atoms with E-state index in [1.54, 1.807) is 6.20 Å². The number of fused-ring (bicyclic) bond motifs is 1. The van der Waals surface area contributed by atoms with Gasteiger partial charge in [0.15, 0.2) is 0 Å². The van der Waals surface area contributed by atoms with E-state index in [2.05, 4.69) is 9.88 Å². The summed E-state index contributed by atoms with van der Waals surface area (Å²) in [5.41, 5.74) is 7.16. The Balaban J connectivity index is 1.71. The van der Waals surface area contributed by atoms with Crippen molar-refractivity contribution < 1.29 is 5.11 Å². The van der Waals surface area contributed by atoms with Gasteiger partial charge < -0.3 is 10.8 Å². The third-order valence-corrected chi connectivity index (χ3v) is 5.22. The Morgan fingerprint density at radius 2 is 2.33 bits per heavy atom. The van der Waals surface area contributed by atoms with E-state index in [1.165, 1.54) is 12.8 Å². The Morgan fingerprint density at radius 3 is 3.14 bits per heavy atom. The smallest absolute Gasteiger partial charge is 0.123 e. The highest BCUT2D eigenvalue weighted by molar-refractivity contribution is 7.80. The fourth-order valence-electron chi connectivity index (χ4n) is 3.81. The van der Waals surface area contributed by atoms with E-state index in [0.29, 0.717) is 10.9 Å². The molecule has 0 radical (unpaired) electrons. The highest BCUT2D eigenvalue weighted by Crippen LogP contribution is 2.40. The number of hydrogen-bond acceptors (Lipinski definition) is 4. The number of aliphatic hydroxyl groups is 1. The van der Waals surface area contributed by atoms with Crippen molar-refractivity contribution in [3.63, 3.8) is 0 Å². The predicted molar refractivity (Wildman–Crippen MR) is 86.9 cm³/mol. The van der Waals surface area contributed by atoms with Crippen LogP contribution in [0, 0.1) is 5.92 Å². The predicted octanol–water partition coefficient (Wildman–Crippen LogP) is 1.84. The fraction of sp³-hybridized carbons (Fsp3) is 0.625. The van der Waals surface area contributed by atoms with Gasteiger partial charge in [0.2, 0.25) is 0 Å². The molecule has 0 bridgehead atoms. The van der Waals surface area contributed by atoms with Crippen molar-refractivity contribution in [3.05, 3.63) is 29.6 Å². The van der Waals surface area contributed by atoms with Crippen molar-refractivity contribution in [2.75, 3.05) is 13.1 Å². The van der Waals surface area contributed by atoms with Gasteiger partial charge in [-0.1, -0.05) is 31.1 Å². The molecule has 1 aliphatic heterocycles. The number of pyridine rings is 1. The SMILES string of the molecule is NC(=S)c1ncccc1CN1CCC2(O)CCCCC2C1. The zero-order chi connectivity index (χ0) is 14.9. The summed E-state index contributed by atoms with van der Waals surface area (Å²) in [7, 11) is 0. The van der Waals surface area contributed by atoms with E-state index in [4.69, 9.17) is 18.0 Å². The van der Waals surface area contributed by atoms with Crippen molar-refractivity contribution in [1.29, 1.82) is 0 Å². The maximum Gasteiger partial charge on any atom is 0.123 e. The molecule has 2 fully saturated rings. The molecular weight excluding hydrogens is 282 g/mol. The standard InChI is InChI=1S/C16H23N3OS/c17-15(21)14-12(4-3-8-18-14)10-19-9-7-16(20)6-2-1-5-13(16)11-19/h3-4,8,13,20H,1-2,5-7,9-11H2,(H2,17,21). The summed E-state index contributed by atoms with van der Waals surface area (Å²) in [6.45, 7) is 2.70. The summed E-state index contributed by atoms with van der Waals surface area (Å²) >= 11 is 5.08. The highest BCUT2D eigenvalue weighted by atomic mass is 32.1. The Morgan fingerprint density at radius 1 is 1.48 bits per heavy atom. The largest absolute Gasteiger partial charge is 0.390 e. The summed E-state index contributed by atoms with van der Waals surface area (Å²) < 4.78 is 0. The Kier molecular flexibility index (Phi) is 4.24. The van der Waals surface area contributed by atoms with E-state index in [0.717, 1.165) is 50.2 Å². The number of rotatable bonds is 3. The van der Waals surface area contributed by atoms with Gasteiger partial charge in [-0.2, -0.15) is 0 Å². The minimum atomic E-state index is -0.421. The Labute approximate surface area is 131 Å². The van der Waals surface area contributed by atoms with Gasteiger partial charge in [-0.25, -0.2) is 0 Å². The number of nitrogens with zero attached hydrogens (tertiary/aromatic N) is 2. The first kappa shape index (κ1) is 14.9. The maximum atomic E-state index is 10.7. The van der Waals surface area contributed by atoms with Crippen LogP contribution in [-0.2, 0) is 6.54 Å². The number of hydrogen-bond donors (Lipinski definition) is 2. The molecule has 3 rings (SSSR count). The van der Waals surface area contributed by atoms with Crippen LogP contribution in [0.25, 0.3) is 0 Å². The van der Waals surface area contributed by atoms with E-state index in [1.807, 2.05) is 12.1 Å². The molecule has 1 saturated heterocycles. The molecule has 0 spiro atoms. The van der Waals surface area contributed by atoms with Crippen LogP contribution < -0.4 is 5.73 Å².